The number of nitrogens with zero attached hydrogens (tertiary/aromatic N) is 4. The average molecular weight is 221 g/mol. The molecule has 0 saturated heterocycles. The van der Waals surface area contributed by atoms with Crippen molar-refractivity contribution in [2.75, 3.05) is 0 Å². The number of carbonyl (C=O) groups is 1. The Hall–Kier alpha value is -1.90. The van der Waals surface area contributed by atoms with Crippen molar-refractivity contribution in [1.82, 2.24) is 20.1 Å². The van der Waals surface area contributed by atoms with Crippen LogP contribution in [-0.2, 0) is 11.3 Å². The van der Waals surface area contributed by atoms with Gasteiger partial charge in [-0.15, -0.1) is 5.10 Å². The Labute approximate surface area is 94.3 Å². The van der Waals surface area contributed by atoms with Crippen LogP contribution < -0.4 is 5.32 Å². The monoisotopic (exact) mass is 221 g/mol. The van der Waals surface area contributed by atoms with E-state index in [4.69, 9.17) is 5.26 Å². The summed E-state index contributed by atoms with van der Waals surface area (Å²) in [5.41, 5.74) is 0. The third-order valence-electron chi connectivity index (χ3n) is 2.29. The minimum atomic E-state index is -0.108. The summed E-state index contributed by atoms with van der Waals surface area (Å²) in [6.07, 6.45) is 3.19. The first-order chi connectivity index (χ1) is 7.69. The molecular weight excluding hydrogens is 206 g/mol. The molecule has 6 heteroatoms. The molecule has 0 unspecified atom stereocenters. The lowest BCUT2D eigenvalue weighted by molar-refractivity contribution is -0.122. The topological polar surface area (TPSA) is 83.6 Å². The first-order valence-electron chi connectivity index (χ1n) is 5.28. The molecule has 0 aliphatic carbocycles. The highest BCUT2D eigenvalue weighted by atomic mass is 16.2. The van der Waals surface area contributed by atoms with E-state index in [1.54, 1.807) is 0 Å². The summed E-state index contributed by atoms with van der Waals surface area (Å²) in [6, 6.07) is 2.01. The lowest BCUT2D eigenvalue weighted by atomic mass is 10.2. The van der Waals surface area contributed by atoms with Crippen LogP contribution >= 0.6 is 0 Å². The largest absolute Gasteiger partial charge is 0.352 e. The van der Waals surface area contributed by atoms with Gasteiger partial charge in [-0.2, -0.15) is 5.26 Å². The fraction of sp³-hybridized carbons (Fsp3) is 0.600. The number of hydrogen-bond donors (Lipinski definition) is 1. The zero-order chi connectivity index (χ0) is 12.0. The molecule has 1 N–H and O–H groups in total. The Morgan fingerprint density at radius 2 is 2.31 bits per heavy atom. The van der Waals surface area contributed by atoms with Gasteiger partial charge in [0.1, 0.15) is 18.9 Å². The van der Waals surface area contributed by atoms with E-state index in [0.29, 0.717) is 0 Å². The molecule has 0 aliphatic heterocycles. The van der Waals surface area contributed by atoms with E-state index in [-0.39, 0.29) is 24.3 Å². The van der Waals surface area contributed by atoms with Gasteiger partial charge in [0.25, 0.3) is 5.82 Å². The predicted molar refractivity (Wildman–Crippen MR) is 57.2 cm³/mol. The summed E-state index contributed by atoms with van der Waals surface area (Å²) in [4.78, 5) is 15.3. The van der Waals surface area contributed by atoms with Crippen LogP contribution in [0.1, 0.15) is 32.5 Å². The van der Waals surface area contributed by atoms with Crippen molar-refractivity contribution in [3.63, 3.8) is 0 Å². The highest BCUT2D eigenvalue weighted by Gasteiger charge is 2.09. The summed E-state index contributed by atoms with van der Waals surface area (Å²) >= 11 is 0. The van der Waals surface area contributed by atoms with Gasteiger partial charge in [-0.25, -0.2) is 9.67 Å². The molecule has 1 rings (SSSR count). The lowest BCUT2D eigenvalue weighted by Gasteiger charge is -2.14. The molecule has 1 amide bonds. The van der Waals surface area contributed by atoms with Gasteiger partial charge >= 0.3 is 0 Å². The van der Waals surface area contributed by atoms with Crippen molar-refractivity contribution in [3.8, 4) is 6.07 Å². The molecule has 86 valence electrons. The molecular formula is C10H15N5O. The van der Waals surface area contributed by atoms with E-state index < -0.39 is 0 Å². The molecule has 0 spiro atoms. The van der Waals surface area contributed by atoms with Gasteiger partial charge in [0.05, 0.1) is 0 Å². The minimum Gasteiger partial charge on any atom is -0.352 e. The fourth-order valence-corrected chi connectivity index (χ4v) is 1.34. The number of aromatic nitrogens is 3. The van der Waals surface area contributed by atoms with Gasteiger partial charge in [-0.1, -0.05) is 13.8 Å². The third kappa shape index (κ3) is 3.35. The number of nitriles is 1. The Balaban J connectivity index is 2.48. The number of carbonyl (C=O) groups excluding carboxylic acids is 1. The Bertz CT molecular complexity index is 388. The molecule has 1 aromatic heterocycles. The van der Waals surface area contributed by atoms with Crippen LogP contribution in [0.2, 0.25) is 0 Å². The average Bonchev–Trinajstić information content (AvgIpc) is 2.73. The normalized spacial score (nSPS) is 10.1. The Morgan fingerprint density at radius 1 is 1.62 bits per heavy atom. The molecule has 0 radical (unpaired) electrons. The van der Waals surface area contributed by atoms with Crippen LogP contribution in [0.15, 0.2) is 6.33 Å². The van der Waals surface area contributed by atoms with Gasteiger partial charge in [-0.05, 0) is 12.8 Å². The van der Waals surface area contributed by atoms with Crippen molar-refractivity contribution < 1.29 is 4.79 Å². The van der Waals surface area contributed by atoms with Gasteiger partial charge < -0.3 is 5.32 Å². The maximum atomic E-state index is 11.6. The quantitative estimate of drug-likeness (QED) is 0.782. The molecule has 0 aromatic carbocycles. The second-order valence-electron chi connectivity index (χ2n) is 3.46. The number of nitrogens with one attached hydrogen (secondary N) is 1. The SMILES string of the molecule is CCC(CC)NC(=O)Cn1cnc(C#N)n1. The summed E-state index contributed by atoms with van der Waals surface area (Å²) in [5, 5.41) is 15.2. The maximum Gasteiger partial charge on any atom is 0.252 e. The Kier molecular flexibility index (Phi) is 4.45. The molecule has 0 atom stereocenters. The zero-order valence-electron chi connectivity index (χ0n) is 9.47. The molecule has 0 bridgehead atoms. The van der Waals surface area contributed by atoms with Gasteiger partial charge in [-0.3, -0.25) is 4.79 Å². The molecule has 16 heavy (non-hydrogen) atoms. The van der Waals surface area contributed by atoms with Crippen LogP contribution in [0.3, 0.4) is 0 Å². The molecule has 0 aliphatic rings. The summed E-state index contributed by atoms with van der Waals surface area (Å²) in [5.74, 6) is -0.0292. The first kappa shape index (κ1) is 12.2. The highest BCUT2D eigenvalue weighted by molar-refractivity contribution is 5.75. The van der Waals surface area contributed by atoms with E-state index >= 15 is 0 Å². The lowest BCUT2D eigenvalue weighted by Crippen LogP contribution is -2.36. The van der Waals surface area contributed by atoms with Crippen molar-refractivity contribution in [1.29, 1.82) is 5.26 Å². The van der Waals surface area contributed by atoms with Gasteiger partial charge in [0.15, 0.2) is 0 Å². The van der Waals surface area contributed by atoms with E-state index in [1.807, 2.05) is 19.9 Å². The standard InChI is InChI=1S/C10H15N5O/c1-3-8(4-2)13-10(16)6-15-7-12-9(5-11)14-15/h7-8H,3-4,6H2,1-2H3,(H,13,16). The van der Waals surface area contributed by atoms with Crippen LogP contribution in [-0.4, -0.2) is 26.7 Å². The first-order valence-corrected chi connectivity index (χ1v) is 5.28. The molecule has 1 heterocycles. The van der Waals surface area contributed by atoms with Crippen LogP contribution in [0.25, 0.3) is 0 Å². The van der Waals surface area contributed by atoms with E-state index in [1.165, 1.54) is 11.0 Å². The van der Waals surface area contributed by atoms with Crippen molar-refractivity contribution >= 4 is 5.91 Å². The molecule has 6 nitrogen and oxygen atoms in total. The molecule has 1 aromatic rings. The second kappa shape index (κ2) is 5.85. The zero-order valence-corrected chi connectivity index (χ0v) is 9.47. The molecule has 0 fully saturated rings. The maximum absolute atomic E-state index is 11.6. The van der Waals surface area contributed by atoms with E-state index in [9.17, 15) is 4.79 Å². The molecule has 0 saturated carbocycles. The van der Waals surface area contributed by atoms with Crippen LogP contribution in [0.4, 0.5) is 0 Å². The van der Waals surface area contributed by atoms with E-state index in [0.717, 1.165) is 12.8 Å². The minimum absolute atomic E-state index is 0.0790. The summed E-state index contributed by atoms with van der Waals surface area (Å²) < 4.78 is 1.36. The summed E-state index contributed by atoms with van der Waals surface area (Å²) in [6.45, 7) is 4.15. The van der Waals surface area contributed by atoms with Crippen LogP contribution in [0.5, 0.6) is 0 Å². The summed E-state index contributed by atoms with van der Waals surface area (Å²) in [7, 11) is 0. The third-order valence-corrected chi connectivity index (χ3v) is 2.29. The van der Waals surface area contributed by atoms with Crippen LogP contribution in [0, 0.1) is 11.3 Å². The smallest absolute Gasteiger partial charge is 0.252 e. The number of amides is 1. The predicted octanol–water partition coefficient (Wildman–Crippen LogP) is 0.455. The van der Waals surface area contributed by atoms with Crippen molar-refractivity contribution in [2.24, 2.45) is 0 Å². The van der Waals surface area contributed by atoms with E-state index in [2.05, 4.69) is 15.4 Å². The van der Waals surface area contributed by atoms with Gasteiger partial charge in [0, 0.05) is 6.04 Å². The second-order valence-corrected chi connectivity index (χ2v) is 3.46. The highest BCUT2D eigenvalue weighted by Crippen LogP contribution is 1.96. The number of hydrogen-bond acceptors (Lipinski definition) is 4. The Morgan fingerprint density at radius 3 is 2.81 bits per heavy atom. The van der Waals surface area contributed by atoms with Crippen molar-refractivity contribution in [3.05, 3.63) is 12.2 Å². The van der Waals surface area contributed by atoms with Gasteiger partial charge in [0.2, 0.25) is 5.91 Å². The fourth-order valence-electron chi connectivity index (χ4n) is 1.34. The van der Waals surface area contributed by atoms with Crippen molar-refractivity contribution in [2.45, 2.75) is 39.3 Å². The number of rotatable bonds is 5.